The molecule has 0 aliphatic heterocycles. The molecule has 3 amide bonds. The number of anilines is 3. The Morgan fingerprint density at radius 2 is 1.45 bits per heavy atom. The number of hydrogen-bond donors (Lipinski definition) is 4. The monoisotopic (exact) mass is 447 g/mol. The lowest BCUT2D eigenvalue weighted by Gasteiger charge is -2.09. The molecule has 2 aromatic heterocycles. The van der Waals surface area contributed by atoms with E-state index in [9.17, 15) is 18.8 Å². The van der Waals surface area contributed by atoms with E-state index in [0.29, 0.717) is 16.8 Å². The fraction of sp³-hybridized carbons (Fsp3) is 0.0435. The number of aromatic nitrogens is 2. The van der Waals surface area contributed by atoms with Gasteiger partial charge in [0.2, 0.25) is 11.8 Å². The minimum atomic E-state index is -1.20. The summed E-state index contributed by atoms with van der Waals surface area (Å²) >= 11 is 0. The Bertz CT molecular complexity index is 1330. The van der Waals surface area contributed by atoms with E-state index in [0.717, 1.165) is 11.2 Å². The van der Waals surface area contributed by atoms with E-state index in [1.54, 1.807) is 42.6 Å². The molecular weight excluding hydrogens is 429 g/mol. The van der Waals surface area contributed by atoms with Crippen molar-refractivity contribution in [1.29, 1.82) is 0 Å². The molecule has 0 radical (unpaired) electrons. The predicted octanol–water partition coefficient (Wildman–Crippen LogP) is 4.22. The van der Waals surface area contributed by atoms with Gasteiger partial charge in [-0.1, -0.05) is 0 Å². The molecule has 0 aliphatic carbocycles. The molecule has 4 N–H and O–H groups in total. The first-order valence-electron chi connectivity index (χ1n) is 9.81. The minimum Gasteiger partial charge on any atom is -0.465 e. The molecule has 4 rings (SSSR count). The molecule has 33 heavy (non-hydrogen) atoms. The molecular formula is C23H18FN5O4. The zero-order chi connectivity index (χ0) is 23.4. The molecule has 0 saturated carbocycles. The largest absolute Gasteiger partial charge is 0.465 e. The van der Waals surface area contributed by atoms with Gasteiger partial charge >= 0.3 is 6.09 Å². The Kier molecular flexibility index (Phi) is 5.98. The second kappa shape index (κ2) is 9.18. The van der Waals surface area contributed by atoms with Crippen molar-refractivity contribution in [3.63, 3.8) is 0 Å². The summed E-state index contributed by atoms with van der Waals surface area (Å²) in [7, 11) is 0. The quantitative estimate of drug-likeness (QED) is 0.329. The van der Waals surface area contributed by atoms with Crippen molar-refractivity contribution in [2.75, 3.05) is 16.0 Å². The SMILES string of the molecule is O=C(O)Nc1nccc2c1ccn2-c1ccc(NC(=O)CC(=O)Nc2ccc(F)cc2)cc1. The van der Waals surface area contributed by atoms with Gasteiger partial charge in [-0.25, -0.2) is 14.2 Å². The number of carboxylic acid groups (broad SMARTS) is 1. The van der Waals surface area contributed by atoms with Crippen molar-refractivity contribution >= 4 is 46.0 Å². The lowest BCUT2D eigenvalue weighted by molar-refractivity contribution is -0.123. The van der Waals surface area contributed by atoms with E-state index in [4.69, 9.17) is 5.11 Å². The van der Waals surface area contributed by atoms with Crippen LogP contribution in [0.1, 0.15) is 6.42 Å². The Labute approximate surface area is 186 Å². The van der Waals surface area contributed by atoms with Gasteiger partial charge in [0.15, 0.2) is 0 Å². The van der Waals surface area contributed by atoms with Crippen LogP contribution in [-0.2, 0) is 9.59 Å². The predicted molar refractivity (Wildman–Crippen MR) is 121 cm³/mol. The second-order valence-corrected chi connectivity index (χ2v) is 7.04. The van der Waals surface area contributed by atoms with Crippen LogP contribution in [0.4, 0.5) is 26.4 Å². The number of carbonyl (C=O) groups excluding carboxylic acids is 2. The van der Waals surface area contributed by atoms with Gasteiger partial charge in [0.1, 0.15) is 18.1 Å². The average Bonchev–Trinajstić information content (AvgIpc) is 3.21. The standard InChI is InChI=1S/C23H18FN5O4/c24-14-1-3-15(4-2-14)26-20(30)13-21(31)27-16-5-7-17(8-6-16)29-12-10-18-19(29)9-11-25-22(18)28-23(32)33/h1-12H,13H2,(H,25,28)(H,26,30)(H,27,31)(H,32,33). The van der Waals surface area contributed by atoms with E-state index in [1.807, 2.05) is 4.57 Å². The average molecular weight is 447 g/mol. The number of carbonyl (C=O) groups is 3. The minimum absolute atomic E-state index is 0.238. The third kappa shape index (κ3) is 5.13. The number of pyridine rings is 1. The molecule has 0 unspecified atom stereocenters. The summed E-state index contributed by atoms with van der Waals surface area (Å²) in [6.45, 7) is 0. The number of halogens is 1. The highest BCUT2D eigenvalue weighted by Crippen LogP contribution is 2.26. The van der Waals surface area contributed by atoms with Gasteiger partial charge in [-0.2, -0.15) is 0 Å². The summed E-state index contributed by atoms with van der Waals surface area (Å²) in [6.07, 6.45) is 1.70. The van der Waals surface area contributed by atoms with Gasteiger partial charge in [0.25, 0.3) is 0 Å². The molecule has 10 heteroatoms. The lowest BCUT2D eigenvalue weighted by atomic mass is 10.2. The molecule has 166 valence electrons. The summed E-state index contributed by atoms with van der Waals surface area (Å²) < 4.78 is 14.8. The summed E-state index contributed by atoms with van der Waals surface area (Å²) in [5.74, 6) is -1.20. The number of nitrogens with one attached hydrogen (secondary N) is 3. The van der Waals surface area contributed by atoms with Crippen LogP contribution < -0.4 is 16.0 Å². The zero-order valence-corrected chi connectivity index (χ0v) is 17.1. The third-order valence-electron chi connectivity index (χ3n) is 4.72. The van der Waals surface area contributed by atoms with Crippen LogP contribution in [0.5, 0.6) is 0 Å². The number of benzene rings is 2. The van der Waals surface area contributed by atoms with Crippen LogP contribution >= 0.6 is 0 Å². The first-order chi connectivity index (χ1) is 15.9. The molecule has 2 heterocycles. The maximum absolute atomic E-state index is 12.9. The number of rotatable bonds is 6. The van der Waals surface area contributed by atoms with Crippen molar-refractivity contribution in [2.24, 2.45) is 0 Å². The molecule has 4 aromatic rings. The molecule has 0 bridgehead atoms. The molecule has 0 atom stereocenters. The highest BCUT2D eigenvalue weighted by atomic mass is 19.1. The van der Waals surface area contributed by atoms with Crippen molar-refractivity contribution in [3.05, 3.63) is 78.9 Å². The number of hydrogen-bond acceptors (Lipinski definition) is 4. The van der Waals surface area contributed by atoms with Gasteiger partial charge in [0, 0.05) is 34.8 Å². The van der Waals surface area contributed by atoms with Gasteiger partial charge < -0.3 is 20.3 Å². The first kappa shape index (κ1) is 21.5. The number of fused-ring (bicyclic) bond motifs is 1. The summed E-state index contributed by atoms with van der Waals surface area (Å²) in [5.41, 5.74) is 2.44. The van der Waals surface area contributed by atoms with Crippen LogP contribution in [0.2, 0.25) is 0 Å². The van der Waals surface area contributed by atoms with Gasteiger partial charge in [-0.15, -0.1) is 0 Å². The lowest BCUT2D eigenvalue weighted by Crippen LogP contribution is -2.21. The smallest absolute Gasteiger partial charge is 0.410 e. The van der Waals surface area contributed by atoms with Crippen molar-refractivity contribution in [2.45, 2.75) is 6.42 Å². The fourth-order valence-electron chi connectivity index (χ4n) is 3.29. The van der Waals surface area contributed by atoms with E-state index < -0.39 is 30.1 Å². The van der Waals surface area contributed by atoms with Crippen molar-refractivity contribution < 1.29 is 23.9 Å². The highest BCUT2D eigenvalue weighted by molar-refractivity contribution is 6.08. The van der Waals surface area contributed by atoms with E-state index >= 15 is 0 Å². The Morgan fingerprint density at radius 3 is 2.06 bits per heavy atom. The molecule has 0 saturated heterocycles. The number of nitrogens with zero attached hydrogens (tertiary/aromatic N) is 2. The highest BCUT2D eigenvalue weighted by Gasteiger charge is 2.12. The van der Waals surface area contributed by atoms with Crippen LogP contribution in [0.15, 0.2) is 73.1 Å². The van der Waals surface area contributed by atoms with E-state index in [2.05, 4.69) is 20.9 Å². The topological polar surface area (TPSA) is 125 Å². The second-order valence-electron chi connectivity index (χ2n) is 7.04. The molecule has 0 aliphatic rings. The molecule has 2 aromatic carbocycles. The van der Waals surface area contributed by atoms with Crippen molar-refractivity contribution in [3.8, 4) is 5.69 Å². The Hall–Kier alpha value is -4.73. The number of amides is 3. The van der Waals surface area contributed by atoms with Crippen LogP contribution in [0, 0.1) is 5.82 Å². The normalized spacial score (nSPS) is 10.6. The van der Waals surface area contributed by atoms with Crippen molar-refractivity contribution in [1.82, 2.24) is 9.55 Å². The van der Waals surface area contributed by atoms with E-state index in [-0.39, 0.29) is 5.82 Å². The van der Waals surface area contributed by atoms with Crippen LogP contribution in [0.25, 0.3) is 16.6 Å². The third-order valence-corrected chi connectivity index (χ3v) is 4.72. The van der Waals surface area contributed by atoms with Gasteiger partial charge in [0.05, 0.1) is 5.52 Å². The van der Waals surface area contributed by atoms with Gasteiger partial charge in [-0.05, 0) is 60.7 Å². The molecule has 0 spiro atoms. The summed E-state index contributed by atoms with van der Waals surface area (Å²) in [4.78, 5) is 39.2. The first-order valence-corrected chi connectivity index (χ1v) is 9.81. The maximum atomic E-state index is 12.9. The Balaban J connectivity index is 1.41. The summed E-state index contributed by atoms with van der Waals surface area (Å²) in [6, 6.07) is 15.7. The summed E-state index contributed by atoms with van der Waals surface area (Å²) in [5, 5.41) is 17.1. The zero-order valence-electron chi connectivity index (χ0n) is 17.1. The molecule has 0 fully saturated rings. The molecule has 9 nitrogen and oxygen atoms in total. The van der Waals surface area contributed by atoms with E-state index in [1.165, 1.54) is 30.5 Å². The fourth-order valence-corrected chi connectivity index (χ4v) is 3.29. The maximum Gasteiger partial charge on any atom is 0.410 e. The van der Waals surface area contributed by atoms with Crippen LogP contribution in [-0.4, -0.2) is 32.6 Å². The van der Waals surface area contributed by atoms with Gasteiger partial charge in [-0.3, -0.25) is 14.9 Å². The van der Waals surface area contributed by atoms with Crippen LogP contribution in [0.3, 0.4) is 0 Å². The Morgan fingerprint density at radius 1 is 0.848 bits per heavy atom.